The highest BCUT2D eigenvalue weighted by Gasteiger charge is 2.14. The maximum atomic E-state index is 2.44. The van der Waals surface area contributed by atoms with Gasteiger partial charge in [-0.15, -0.1) is 0 Å². The molecule has 1 aliphatic heterocycles. The summed E-state index contributed by atoms with van der Waals surface area (Å²) in [5, 5.41) is 0. The summed E-state index contributed by atoms with van der Waals surface area (Å²) in [6.07, 6.45) is 5.69. The lowest BCUT2D eigenvalue weighted by Crippen LogP contribution is -2.29. The van der Waals surface area contributed by atoms with Gasteiger partial charge in [0.15, 0.2) is 0 Å². The van der Waals surface area contributed by atoms with Crippen LogP contribution >= 0.6 is 0 Å². The van der Waals surface area contributed by atoms with Gasteiger partial charge < -0.3 is 4.90 Å². The predicted molar refractivity (Wildman–Crippen MR) is 56.5 cm³/mol. The molecule has 0 N–H and O–H groups in total. The van der Waals surface area contributed by atoms with Gasteiger partial charge in [-0.2, -0.15) is 0 Å². The maximum Gasteiger partial charge on any atom is -0.00191 e. The smallest absolute Gasteiger partial charge is 0.00191 e. The van der Waals surface area contributed by atoms with Gasteiger partial charge in [0.25, 0.3) is 0 Å². The van der Waals surface area contributed by atoms with Crippen molar-refractivity contribution in [1.29, 1.82) is 0 Å². The first-order chi connectivity index (χ1) is 5.83. The molecule has 0 aromatic heterocycles. The normalized spacial score (nSPS) is 20.0. The Hall–Kier alpha value is -0.0400. The van der Waals surface area contributed by atoms with E-state index in [9.17, 15) is 0 Å². The molecule has 1 saturated heterocycles. The highest BCUT2D eigenvalue weighted by molar-refractivity contribution is 4.68. The molecule has 0 aromatic rings. The fourth-order valence-corrected chi connectivity index (χ4v) is 1.76. The summed E-state index contributed by atoms with van der Waals surface area (Å²) in [7, 11) is 2.22. The van der Waals surface area contributed by atoms with Crippen molar-refractivity contribution in [2.45, 2.75) is 46.5 Å². The van der Waals surface area contributed by atoms with Crippen LogP contribution in [0, 0.1) is 5.92 Å². The van der Waals surface area contributed by atoms with E-state index in [-0.39, 0.29) is 0 Å². The van der Waals surface area contributed by atoms with Gasteiger partial charge in [-0.05, 0) is 38.9 Å². The van der Waals surface area contributed by atoms with E-state index in [1.165, 1.54) is 38.8 Å². The lowest BCUT2D eigenvalue weighted by atomic mass is 9.93. The molecule has 0 saturated carbocycles. The van der Waals surface area contributed by atoms with Gasteiger partial charge in [0.1, 0.15) is 0 Å². The van der Waals surface area contributed by atoms with Crippen molar-refractivity contribution < 1.29 is 0 Å². The molecule has 1 heteroatoms. The van der Waals surface area contributed by atoms with Gasteiger partial charge in [-0.1, -0.05) is 33.6 Å². The molecule has 1 heterocycles. The van der Waals surface area contributed by atoms with Crippen LogP contribution in [0.1, 0.15) is 46.5 Å². The first kappa shape index (κ1) is 12.0. The molecule has 0 amide bonds. The Kier molecular flexibility index (Phi) is 7.58. The molecule has 0 unspecified atom stereocenters. The number of likely N-dealkylation sites (tertiary alicyclic amines) is 1. The fourth-order valence-electron chi connectivity index (χ4n) is 1.76. The zero-order valence-corrected chi connectivity index (χ0v) is 9.27. The largest absolute Gasteiger partial charge is 0.306 e. The van der Waals surface area contributed by atoms with Crippen LogP contribution in [-0.4, -0.2) is 25.0 Å². The molecule has 0 spiro atoms. The Morgan fingerprint density at radius 1 is 1.17 bits per heavy atom. The van der Waals surface area contributed by atoms with Gasteiger partial charge in [-0.25, -0.2) is 0 Å². The quantitative estimate of drug-likeness (QED) is 0.617. The second kappa shape index (κ2) is 7.60. The Balaban J connectivity index is 0.000000561. The summed E-state index contributed by atoms with van der Waals surface area (Å²) in [4.78, 5) is 2.44. The van der Waals surface area contributed by atoms with E-state index in [0.717, 1.165) is 5.92 Å². The third kappa shape index (κ3) is 4.76. The minimum Gasteiger partial charge on any atom is -0.306 e. The van der Waals surface area contributed by atoms with Crippen LogP contribution in [0.25, 0.3) is 0 Å². The first-order valence-corrected chi connectivity index (χ1v) is 5.51. The van der Waals surface area contributed by atoms with Crippen LogP contribution in [0.5, 0.6) is 0 Å². The van der Waals surface area contributed by atoms with Gasteiger partial charge in [0, 0.05) is 0 Å². The van der Waals surface area contributed by atoms with Crippen LogP contribution in [-0.2, 0) is 0 Å². The monoisotopic (exact) mass is 171 g/mol. The van der Waals surface area contributed by atoms with Crippen LogP contribution in [0.4, 0.5) is 0 Å². The zero-order chi connectivity index (χ0) is 9.40. The summed E-state index contributed by atoms with van der Waals surface area (Å²) in [5.74, 6) is 1.04. The number of hydrogen-bond acceptors (Lipinski definition) is 1. The number of rotatable bonds is 2. The van der Waals surface area contributed by atoms with Crippen LogP contribution < -0.4 is 0 Å². The third-order valence-corrected chi connectivity index (χ3v) is 2.54. The Bertz CT molecular complexity index is 83.0. The lowest BCUT2D eigenvalue weighted by Gasteiger charge is -2.28. The minimum atomic E-state index is 1.04. The van der Waals surface area contributed by atoms with Crippen molar-refractivity contribution in [1.82, 2.24) is 4.90 Å². The molecule has 0 atom stereocenters. The molecule has 0 aliphatic carbocycles. The summed E-state index contributed by atoms with van der Waals surface area (Å²) in [6, 6.07) is 0. The molecule has 74 valence electrons. The molecule has 1 fully saturated rings. The molecule has 1 rings (SSSR count). The van der Waals surface area contributed by atoms with Crippen molar-refractivity contribution in [3.63, 3.8) is 0 Å². The van der Waals surface area contributed by atoms with Gasteiger partial charge in [0.2, 0.25) is 0 Å². The predicted octanol–water partition coefficient (Wildman–Crippen LogP) is 3.15. The van der Waals surface area contributed by atoms with Crippen LogP contribution in [0.15, 0.2) is 0 Å². The summed E-state index contributed by atoms with van der Waals surface area (Å²) >= 11 is 0. The second-order valence-corrected chi connectivity index (χ2v) is 3.54. The van der Waals surface area contributed by atoms with Crippen LogP contribution in [0.2, 0.25) is 0 Å². The second-order valence-electron chi connectivity index (χ2n) is 3.54. The fraction of sp³-hybridized carbons (Fsp3) is 1.00. The summed E-state index contributed by atoms with van der Waals surface area (Å²) < 4.78 is 0. The number of piperidine rings is 1. The molecule has 1 aliphatic rings. The van der Waals surface area contributed by atoms with Crippen molar-refractivity contribution in [3.05, 3.63) is 0 Å². The van der Waals surface area contributed by atoms with Gasteiger partial charge >= 0.3 is 0 Å². The Morgan fingerprint density at radius 3 is 2.08 bits per heavy atom. The standard InChI is InChI=1S/C9H19N.C2H6/c1-3-4-9-5-7-10(2)8-6-9;1-2/h9H,3-8H2,1-2H3;1-2H3. The average Bonchev–Trinajstić information content (AvgIpc) is 2.13. The van der Waals surface area contributed by atoms with Gasteiger partial charge in [-0.3, -0.25) is 0 Å². The first-order valence-electron chi connectivity index (χ1n) is 5.51. The topological polar surface area (TPSA) is 3.24 Å². The summed E-state index contributed by atoms with van der Waals surface area (Å²) in [6.45, 7) is 8.94. The molecule has 1 nitrogen and oxygen atoms in total. The van der Waals surface area contributed by atoms with E-state index in [0.29, 0.717) is 0 Å². The molecule has 0 radical (unpaired) electrons. The van der Waals surface area contributed by atoms with Crippen molar-refractivity contribution in [2.24, 2.45) is 5.92 Å². The van der Waals surface area contributed by atoms with Crippen molar-refractivity contribution in [2.75, 3.05) is 20.1 Å². The highest BCUT2D eigenvalue weighted by Crippen LogP contribution is 2.20. The van der Waals surface area contributed by atoms with Crippen molar-refractivity contribution >= 4 is 0 Å². The maximum absolute atomic E-state index is 2.44. The molecular weight excluding hydrogens is 146 g/mol. The lowest BCUT2D eigenvalue weighted by molar-refractivity contribution is 0.211. The van der Waals surface area contributed by atoms with Crippen molar-refractivity contribution in [3.8, 4) is 0 Å². The Morgan fingerprint density at radius 2 is 1.67 bits per heavy atom. The average molecular weight is 171 g/mol. The molecule has 0 bridgehead atoms. The summed E-state index contributed by atoms with van der Waals surface area (Å²) in [5.41, 5.74) is 0. The SMILES string of the molecule is CC.CCCC1CCN(C)CC1. The highest BCUT2D eigenvalue weighted by atomic mass is 15.1. The van der Waals surface area contributed by atoms with E-state index in [2.05, 4.69) is 18.9 Å². The van der Waals surface area contributed by atoms with E-state index < -0.39 is 0 Å². The number of hydrogen-bond donors (Lipinski definition) is 0. The molecule has 12 heavy (non-hydrogen) atoms. The van der Waals surface area contributed by atoms with E-state index in [4.69, 9.17) is 0 Å². The van der Waals surface area contributed by atoms with Crippen LogP contribution in [0.3, 0.4) is 0 Å². The molecular formula is C11H25N. The van der Waals surface area contributed by atoms with E-state index in [1.54, 1.807) is 0 Å². The third-order valence-electron chi connectivity index (χ3n) is 2.54. The Labute approximate surface area is 78.1 Å². The van der Waals surface area contributed by atoms with E-state index >= 15 is 0 Å². The zero-order valence-electron chi connectivity index (χ0n) is 9.27. The number of nitrogens with zero attached hydrogens (tertiary/aromatic N) is 1. The van der Waals surface area contributed by atoms with E-state index in [1.807, 2.05) is 13.8 Å². The van der Waals surface area contributed by atoms with Gasteiger partial charge in [0.05, 0.1) is 0 Å². The minimum absolute atomic E-state index is 1.04. The molecule has 0 aromatic carbocycles.